The Morgan fingerprint density at radius 3 is 2.88 bits per heavy atom. The van der Waals surface area contributed by atoms with Crippen LogP contribution < -0.4 is 10.6 Å². The largest absolute Gasteiger partial charge is 0.353 e. The maximum absolute atomic E-state index is 12.4. The van der Waals surface area contributed by atoms with E-state index < -0.39 is 6.04 Å². The Balaban J connectivity index is 1.92. The van der Waals surface area contributed by atoms with Crippen LogP contribution in [0.5, 0.6) is 0 Å². The summed E-state index contributed by atoms with van der Waals surface area (Å²) in [6.07, 6.45) is 2.80. The highest BCUT2D eigenvalue weighted by Crippen LogP contribution is 2.19. The van der Waals surface area contributed by atoms with Crippen LogP contribution in [0.15, 0.2) is 6.33 Å². The Labute approximate surface area is 149 Å². The average Bonchev–Trinajstić information content (AvgIpc) is 2.95. The number of piperazine rings is 1. The quantitative estimate of drug-likeness (QED) is 0.749. The minimum atomic E-state index is -0.415. The van der Waals surface area contributed by atoms with Gasteiger partial charge in [-0.05, 0) is 11.8 Å². The summed E-state index contributed by atoms with van der Waals surface area (Å²) in [5.74, 6) is 0.515. The molecule has 2 N–H and O–H groups in total. The molecule has 1 aliphatic rings. The van der Waals surface area contributed by atoms with E-state index in [1.807, 2.05) is 4.57 Å². The fourth-order valence-electron chi connectivity index (χ4n) is 3.05. The van der Waals surface area contributed by atoms with Crippen LogP contribution in [-0.4, -0.2) is 57.2 Å². The standard InChI is InChI=1S/C17H30N6O2/c1-5-7-23-12-20-21-14(23)10-19-15(24)9-13-16(25)18-6-8-22(13)11-17(2,3)4/h12-13H,5-11H2,1-4H3,(H,18,25)(H,19,24)/t13-/m0/s1. The SMILES string of the molecule is CCCn1cnnc1CNC(=O)C[C@H]1C(=O)NCCN1CC(C)(C)C. The van der Waals surface area contributed by atoms with Crippen molar-refractivity contribution in [1.29, 1.82) is 0 Å². The smallest absolute Gasteiger partial charge is 0.237 e. The summed E-state index contributed by atoms with van der Waals surface area (Å²) in [4.78, 5) is 26.7. The summed E-state index contributed by atoms with van der Waals surface area (Å²) in [6.45, 7) is 11.8. The molecule has 2 amide bonds. The number of hydrogen-bond acceptors (Lipinski definition) is 5. The summed E-state index contributed by atoms with van der Waals surface area (Å²) < 4.78 is 1.93. The van der Waals surface area contributed by atoms with Gasteiger partial charge >= 0.3 is 0 Å². The minimum absolute atomic E-state index is 0.0696. The lowest BCUT2D eigenvalue weighted by atomic mass is 9.94. The maximum Gasteiger partial charge on any atom is 0.237 e. The highest BCUT2D eigenvalue weighted by molar-refractivity contribution is 5.88. The first kappa shape index (κ1) is 19.4. The molecule has 1 aliphatic heterocycles. The maximum atomic E-state index is 12.4. The molecule has 2 rings (SSSR count). The minimum Gasteiger partial charge on any atom is -0.353 e. The molecule has 1 saturated heterocycles. The molecule has 1 aromatic heterocycles. The summed E-state index contributed by atoms with van der Waals surface area (Å²) in [7, 11) is 0. The zero-order valence-electron chi connectivity index (χ0n) is 15.7. The van der Waals surface area contributed by atoms with E-state index in [9.17, 15) is 9.59 Å². The van der Waals surface area contributed by atoms with Crippen molar-refractivity contribution >= 4 is 11.8 Å². The second kappa shape index (κ2) is 8.42. The lowest BCUT2D eigenvalue weighted by molar-refractivity contribution is -0.134. The lowest BCUT2D eigenvalue weighted by Gasteiger charge is -2.38. The first-order chi connectivity index (χ1) is 11.8. The Morgan fingerprint density at radius 2 is 2.20 bits per heavy atom. The van der Waals surface area contributed by atoms with E-state index in [0.717, 1.165) is 31.9 Å². The first-order valence-corrected chi connectivity index (χ1v) is 8.95. The number of aryl methyl sites for hydroxylation is 1. The molecule has 0 aromatic carbocycles. The van der Waals surface area contributed by atoms with Crippen LogP contribution in [-0.2, 0) is 22.7 Å². The molecule has 8 nitrogen and oxygen atoms in total. The van der Waals surface area contributed by atoms with Gasteiger partial charge in [0.15, 0.2) is 5.82 Å². The summed E-state index contributed by atoms with van der Waals surface area (Å²) in [5.41, 5.74) is 0.0723. The first-order valence-electron chi connectivity index (χ1n) is 8.95. The number of aromatic nitrogens is 3. The Hall–Kier alpha value is -1.96. The Kier molecular flexibility index (Phi) is 6.52. The fourth-order valence-corrected chi connectivity index (χ4v) is 3.05. The van der Waals surface area contributed by atoms with Crippen molar-refractivity contribution in [3.8, 4) is 0 Å². The van der Waals surface area contributed by atoms with Gasteiger partial charge in [-0.2, -0.15) is 0 Å². The molecule has 1 aromatic rings. The molecule has 8 heteroatoms. The Morgan fingerprint density at radius 1 is 1.44 bits per heavy atom. The topological polar surface area (TPSA) is 92.1 Å². The molecule has 1 atom stereocenters. The van der Waals surface area contributed by atoms with Gasteiger partial charge in [0.2, 0.25) is 11.8 Å². The van der Waals surface area contributed by atoms with Gasteiger partial charge in [-0.25, -0.2) is 0 Å². The molecule has 2 heterocycles. The second-order valence-corrected chi connectivity index (χ2v) is 7.76. The Bertz CT molecular complexity index is 592. The zero-order chi connectivity index (χ0) is 18.4. The van der Waals surface area contributed by atoms with Gasteiger partial charge in [0.25, 0.3) is 0 Å². The summed E-state index contributed by atoms with van der Waals surface area (Å²) in [5, 5.41) is 13.7. The van der Waals surface area contributed by atoms with Gasteiger partial charge in [-0.15, -0.1) is 10.2 Å². The van der Waals surface area contributed by atoms with Crippen molar-refractivity contribution in [2.45, 2.75) is 59.7 Å². The normalized spacial score (nSPS) is 18.9. The van der Waals surface area contributed by atoms with Crippen molar-refractivity contribution in [2.24, 2.45) is 5.41 Å². The van der Waals surface area contributed by atoms with E-state index in [2.05, 4.69) is 53.4 Å². The van der Waals surface area contributed by atoms with Gasteiger partial charge < -0.3 is 15.2 Å². The molecule has 0 aliphatic carbocycles. The number of carbonyl (C=O) groups excluding carboxylic acids is 2. The van der Waals surface area contributed by atoms with E-state index >= 15 is 0 Å². The van der Waals surface area contributed by atoms with Crippen molar-refractivity contribution in [1.82, 2.24) is 30.3 Å². The van der Waals surface area contributed by atoms with Gasteiger partial charge in [0, 0.05) is 26.2 Å². The zero-order valence-corrected chi connectivity index (χ0v) is 15.7. The van der Waals surface area contributed by atoms with Crippen molar-refractivity contribution < 1.29 is 9.59 Å². The van der Waals surface area contributed by atoms with Crippen LogP contribution in [0.3, 0.4) is 0 Å². The van der Waals surface area contributed by atoms with Gasteiger partial charge in [0.05, 0.1) is 19.0 Å². The molecule has 0 spiro atoms. The summed E-state index contributed by atoms with van der Waals surface area (Å²) >= 11 is 0. The molecule has 0 bridgehead atoms. The van der Waals surface area contributed by atoms with Crippen LogP contribution in [0.1, 0.15) is 46.4 Å². The third-order valence-electron chi connectivity index (χ3n) is 4.10. The van der Waals surface area contributed by atoms with Crippen LogP contribution in [0, 0.1) is 5.41 Å². The van der Waals surface area contributed by atoms with E-state index in [4.69, 9.17) is 0 Å². The van der Waals surface area contributed by atoms with Crippen LogP contribution in [0.4, 0.5) is 0 Å². The third-order valence-corrected chi connectivity index (χ3v) is 4.10. The van der Waals surface area contributed by atoms with Crippen LogP contribution in [0.2, 0.25) is 0 Å². The van der Waals surface area contributed by atoms with Gasteiger partial charge in [0.1, 0.15) is 6.33 Å². The van der Waals surface area contributed by atoms with Crippen molar-refractivity contribution in [3.63, 3.8) is 0 Å². The lowest BCUT2D eigenvalue weighted by Crippen LogP contribution is -2.58. The molecule has 0 saturated carbocycles. The van der Waals surface area contributed by atoms with E-state index in [-0.39, 0.29) is 23.7 Å². The number of carbonyl (C=O) groups is 2. The molecular weight excluding hydrogens is 320 g/mol. The van der Waals surface area contributed by atoms with Crippen molar-refractivity contribution in [2.75, 3.05) is 19.6 Å². The van der Waals surface area contributed by atoms with Gasteiger partial charge in [-0.1, -0.05) is 27.7 Å². The van der Waals surface area contributed by atoms with Crippen LogP contribution in [0.25, 0.3) is 0 Å². The van der Waals surface area contributed by atoms with E-state index in [1.54, 1.807) is 6.33 Å². The predicted octanol–water partition coefficient (Wildman–Crippen LogP) is 0.541. The fraction of sp³-hybridized carbons (Fsp3) is 0.765. The van der Waals surface area contributed by atoms with Crippen LogP contribution >= 0.6 is 0 Å². The monoisotopic (exact) mass is 350 g/mol. The molecule has 1 fully saturated rings. The molecule has 0 radical (unpaired) electrons. The third kappa shape index (κ3) is 5.81. The number of amides is 2. The summed E-state index contributed by atoms with van der Waals surface area (Å²) in [6, 6.07) is -0.415. The molecule has 0 unspecified atom stereocenters. The number of nitrogens with zero attached hydrogens (tertiary/aromatic N) is 4. The predicted molar refractivity (Wildman–Crippen MR) is 94.6 cm³/mol. The molecule has 25 heavy (non-hydrogen) atoms. The van der Waals surface area contributed by atoms with Crippen molar-refractivity contribution in [3.05, 3.63) is 12.2 Å². The number of nitrogens with one attached hydrogen (secondary N) is 2. The number of hydrogen-bond donors (Lipinski definition) is 2. The average molecular weight is 350 g/mol. The highest BCUT2D eigenvalue weighted by atomic mass is 16.2. The second-order valence-electron chi connectivity index (χ2n) is 7.76. The van der Waals surface area contributed by atoms with Gasteiger partial charge in [-0.3, -0.25) is 14.5 Å². The molecular formula is C17H30N6O2. The molecule has 140 valence electrons. The van der Waals surface area contributed by atoms with E-state index in [0.29, 0.717) is 13.1 Å². The van der Waals surface area contributed by atoms with E-state index in [1.165, 1.54) is 0 Å². The number of rotatable bonds is 7. The highest BCUT2D eigenvalue weighted by Gasteiger charge is 2.33.